The summed E-state index contributed by atoms with van der Waals surface area (Å²) >= 11 is 11.8. The Labute approximate surface area is 161 Å². The van der Waals surface area contributed by atoms with Gasteiger partial charge in [0.1, 0.15) is 0 Å². The molecule has 0 unspecified atom stereocenters. The van der Waals surface area contributed by atoms with Gasteiger partial charge < -0.3 is 4.74 Å². The second kappa shape index (κ2) is 7.52. The zero-order valence-corrected chi connectivity index (χ0v) is 15.9. The molecular formula is C17H16Cl2N2O4S. The summed E-state index contributed by atoms with van der Waals surface area (Å²) in [6, 6.07) is 9.52. The van der Waals surface area contributed by atoms with E-state index in [1.54, 1.807) is 24.3 Å². The highest BCUT2D eigenvalue weighted by molar-refractivity contribution is 7.90. The molecule has 0 radical (unpaired) electrons. The van der Waals surface area contributed by atoms with E-state index in [1.807, 2.05) is 0 Å². The first kappa shape index (κ1) is 19.1. The van der Waals surface area contributed by atoms with Gasteiger partial charge in [-0.15, -0.1) is 0 Å². The van der Waals surface area contributed by atoms with Crippen LogP contribution in [0.2, 0.25) is 10.0 Å². The molecule has 9 heteroatoms. The summed E-state index contributed by atoms with van der Waals surface area (Å²) in [6.07, 6.45) is 1.91. The van der Waals surface area contributed by atoms with Crippen molar-refractivity contribution < 1.29 is 17.9 Å². The number of amides is 1. The molecule has 0 aliphatic carbocycles. The summed E-state index contributed by atoms with van der Waals surface area (Å²) in [5.41, 5.74) is -0.382. The minimum absolute atomic E-state index is 0.274. The van der Waals surface area contributed by atoms with Gasteiger partial charge >= 0.3 is 0 Å². The number of aromatic nitrogens is 1. The van der Waals surface area contributed by atoms with Gasteiger partial charge in [0.05, 0.1) is 10.4 Å². The van der Waals surface area contributed by atoms with Crippen LogP contribution in [0.1, 0.15) is 18.4 Å². The molecule has 0 saturated carbocycles. The van der Waals surface area contributed by atoms with E-state index in [2.05, 4.69) is 9.71 Å². The maximum atomic E-state index is 13.0. The van der Waals surface area contributed by atoms with E-state index in [0.717, 1.165) is 0 Å². The van der Waals surface area contributed by atoms with Crippen LogP contribution in [0, 0.1) is 0 Å². The lowest BCUT2D eigenvalue weighted by molar-refractivity contribution is -0.128. The minimum Gasteiger partial charge on any atom is -0.381 e. The van der Waals surface area contributed by atoms with Gasteiger partial charge in [0.2, 0.25) is 5.91 Å². The second-order valence-corrected chi connectivity index (χ2v) is 8.46. The smallest absolute Gasteiger partial charge is 0.281 e. The van der Waals surface area contributed by atoms with Crippen LogP contribution in [-0.4, -0.2) is 32.5 Å². The van der Waals surface area contributed by atoms with E-state index in [-0.39, 0.29) is 5.03 Å². The van der Waals surface area contributed by atoms with Crippen LogP contribution < -0.4 is 4.72 Å². The van der Waals surface area contributed by atoms with Crippen LogP contribution in [0.25, 0.3) is 0 Å². The molecule has 1 aliphatic rings. The van der Waals surface area contributed by atoms with Gasteiger partial charge in [-0.25, -0.2) is 9.71 Å². The number of carbonyl (C=O) groups excluding carboxylic acids is 1. The normalized spacial score (nSPS) is 16.8. The number of rotatable bonds is 4. The van der Waals surface area contributed by atoms with Gasteiger partial charge in [0.15, 0.2) is 5.03 Å². The number of halogens is 2. The van der Waals surface area contributed by atoms with Crippen LogP contribution in [0.3, 0.4) is 0 Å². The van der Waals surface area contributed by atoms with Gasteiger partial charge in [-0.2, -0.15) is 8.42 Å². The lowest BCUT2D eigenvalue weighted by Gasteiger charge is -2.36. The second-order valence-electron chi connectivity index (χ2n) is 5.95. The van der Waals surface area contributed by atoms with E-state index in [4.69, 9.17) is 27.9 Å². The van der Waals surface area contributed by atoms with E-state index in [0.29, 0.717) is 41.7 Å². The van der Waals surface area contributed by atoms with Crippen molar-refractivity contribution in [2.45, 2.75) is 23.3 Å². The summed E-state index contributed by atoms with van der Waals surface area (Å²) in [5, 5.41) is 0.502. The van der Waals surface area contributed by atoms with Crippen LogP contribution >= 0.6 is 23.2 Å². The van der Waals surface area contributed by atoms with Crippen molar-refractivity contribution in [1.29, 1.82) is 0 Å². The average Bonchev–Trinajstić information content (AvgIpc) is 2.62. The third-order valence-electron chi connectivity index (χ3n) is 4.36. The van der Waals surface area contributed by atoms with Crippen LogP contribution in [0.5, 0.6) is 0 Å². The number of nitrogens with one attached hydrogen (secondary N) is 1. The molecule has 26 heavy (non-hydrogen) atoms. The maximum Gasteiger partial charge on any atom is 0.281 e. The van der Waals surface area contributed by atoms with E-state index >= 15 is 0 Å². The van der Waals surface area contributed by atoms with E-state index < -0.39 is 21.3 Å². The molecule has 1 saturated heterocycles. The number of carbonyl (C=O) groups is 1. The third-order valence-corrected chi connectivity index (χ3v) is 6.07. The standard InChI is InChI=1S/C17H16Cl2N2O4S/c18-13-3-1-2-12(10-13)17(6-8-25-9-7-17)16(22)21-26(23,24)15-5-4-14(19)11-20-15/h1-5,10-11H,6-9H2,(H,21,22). The Morgan fingerprint density at radius 1 is 1.12 bits per heavy atom. The Kier molecular flexibility index (Phi) is 5.53. The third kappa shape index (κ3) is 3.86. The topological polar surface area (TPSA) is 85.4 Å². The first-order valence-electron chi connectivity index (χ1n) is 7.86. The predicted octanol–water partition coefficient (Wildman–Crippen LogP) is 2.94. The Hall–Kier alpha value is -1.67. The largest absolute Gasteiger partial charge is 0.381 e. The lowest BCUT2D eigenvalue weighted by atomic mass is 9.73. The number of sulfonamides is 1. The fourth-order valence-corrected chi connectivity index (χ4v) is 4.23. The summed E-state index contributed by atoms with van der Waals surface area (Å²) in [7, 11) is -4.12. The first-order chi connectivity index (χ1) is 12.3. The van der Waals surface area contributed by atoms with Gasteiger partial charge in [-0.1, -0.05) is 35.3 Å². The van der Waals surface area contributed by atoms with Crippen molar-refractivity contribution in [3.63, 3.8) is 0 Å². The van der Waals surface area contributed by atoms with Crippen LogP contribution in [0.15, 0.2) is 47.6 Å². The van der Waals surface area contributed by atoms with Gasteiger partial charge in [-0.3, -0.25) is 4.79 Å². The molecule has 0 atom stereocenters. The molecule has 138 valence electrons. The zero-order valence-electron chi connectivity index (χ0n) is 13.6. The Morgan fingerprint density at radius 2 is 1.85 bits per heavy atom. The number of nitrogens with zero attached hydrogens (tertiary/aromatic N) is 1. The Bertz CT molecular complexity index is 911. The van der Waals surface area contributed by atoms with Crippen LogP contribution in [0.4, 0.5) is 0 Å². The molecule has 1 aromatic heterocycles. The number of pyridine rings is 1. The van der Waals surface area contributed by atoms with Gasteiger partial charge in [0, 0.05) is 24.4 Å². The summed E-state index contributed by atoms with van der Waals surface area (Å²) in [6.45, 7) is 0.693. The number of hydrogen-bond acceptors (Lipinski definition) is 5. The molecule has 1 fully saturated rings. The molecule has 1 aliphatic heterocycles. The molecule has 6 nitrogen and oxygen atoms in total. The fourth-order valence-electron chi connectivity index (χ4n) is 2.95. The average molecular weight is 415 g/mol. The number of ether oxygens (including phenoxy) is 1. The fraction of sp³-hybridized carbons (Fsp3) is 0.294. The molecule has 3 rings (SSSR count). The van der Waals surface area contributed by atoms with Crippen molar-refractivity contribution in [2.75, 3.05) is 13.2 Å². The van der Waals surface area contributed by atoms with Gasteiger partial charge in [0.25, 0.3) is 10.0 Å². The molecule has 1 N–H and O–H groups in total. The van der Waals surface area contributed by atoms with Crippen LogP contribution in [-0.2, 0) is 25.0 Å². The summed E-state index contributed by atoms with van der Waals surface area (Å²) in [5.74, 6) is -0.625. The van der Waals surface area contributed by atoms with Crippen molar-refractivity contribution in [2.24, 2.45) is 0 Å². The number of benzene rings is 1. The maximum absolute atomic E-state index is 13.0. The molecule has 2 aromatic rings. The highest BCUT2D eigenvalue weighted by Crippen LogP contribution is 2.36. The summed E-state index contributed by atoms with van der Waals surface area (Å²) < 4.78 is 32.6. The Morgan fingerprint density at radius 3 is 2.46 bits per heavy atom. The monoisotopic (exact) mass is 414 g/mol. The summed E-state index contributed by atoms with van der Waals surface area (Å²) in [4.78, 5) is 16.8. The minimum atomic E-state index is -4.12. The van der Waals surface area contributed by atoms with Crippen molar-refractivity contribution >= 4 is 39.1 Å². The van der Waals surface area contributed by atoms with E-state index in [1.165, 1.54) is 18.3 Å². The molecular weight excluding hydrogens is 399 g/mol. The molecule has 0 spiro atoms. The van der Waals surface area contributed by atoms with Crippen molar-refractivity contribution in [3.8, 4) is 0 Å². The molecule has 1 aromatic carbocycles. The first-order valence-corrected chi connectivity index (χ1v) is 10.1. The van der Waals surface area contributed by atoms with Crippen molar-refractivity contribution in [1.82, 2.24) is 9.71 Å². The molecule has 1 amide bonds. The molecule has 0 bridgehead atoms. The molecule has 2 heterocycles. The highest BCUT2D eigenvalue weighted by atomic mass is 35.5. The zero-order chi connectivity index (χ0) is 18.8. The highest BCUT2D eigenvalue weighted by Gasteiger charge is 2.43. The van der Waals surface area contributed by atoms with Gasteiger partial charge in [-0.05, 0) is 42.7 Å². The van der Waals surface area contributed by atoms with Crippen molar-refractivity contribution in [3.05, 3.63) is 58.2 Å². The SMILES string of the molecule is O=C(NS(=O)(=O)c1ccc(Cl)cn1)C1(c2cccc(Cl)c2)CCOCC1. The Balaban J connectivity index is 1.95. The quantitative estimate of drug-likeness (QED) is 0.830. The predicted molar refractivity (Wildman–Crippen MR) is 97.8 cm³/mol. The van der Waals surface area contributed by atoms with E-state index in [9.17, 15) is 13.2 Å². The lowest BCUT2D eigenvalue weighted by Crippen LogP contribution is -2.49. The number of hydrogen-bond donors (Lipinski definition) is 1.